The van der Waals surface area contributed by atoms with Gasteiger partial charge in [0, 0.05) is 12.7 Å². The van der Waals surface area contributed by atoms with Gasteiger partial charge in [0.25, 0.3) is 5.91 Å². The van der Waals surface area contributed by atoms with Crippen LogP contribution in [0.3, 0.4) is 0 Å². The summed E-state index contributed by atoms with van der Waals surface area (Å²) in [6.07, 6.45) is 2.01. The van der Waals surface area contributed by atoms with Gasteiger partial charge in [0.15, 0.2) is 0 Å². The number of aromatic nitrogens is 1. The number of rotatable bonds is 2. The van der Waals surface area contributed by atoms with Gasteiger partial charge in [0.05, 0.1) is 12.1 Å². The van der Waals surface area contributed by atoms with Crippen molar-refractivity contribution in [1.82, 2.24) is 15.2 Å². The number of pyridine rings is 1. The molecule has 19 heavy (non-hydrogen) atoms. The molecule has 2 N–H and O–H groups in total. The van der Waals surface area contributed by atoms with Crippen molar-refractivity contribution in [3.8, 4) is 0 Å². The molecule has 3 atom stereocenters. The van der Waals surface area contributed by atoms with Gasteiger partial charge in [0.2, 0.25) is 0 Å². The third-order valence-corrected chi connectivity index (χ3v) is 3.68. The monoisotopic (exact) mass is 263 g/mol. The van der Waals surface area contributed by atoms with E-state index in [0.29, 0.717) is 12.2 Å². The highest BCUT2D eigenvalue weighted by Gasteiger charge is 2.30. The van der Waals surface area contributed by atoms with Gasteiger partial charge in [-0.05, 0) is 38.1 Å². The third-order valence-electron chi connectivity index (χ3n) is 3.68. The zero-order valence-corrected chi connectivity index (χ0v) is 11.4. The first-order valence-electron chi connectivity index (χ1n) is 6.66. The summed E-state index contributed by atoms with van der Waals surface area (Å²) in [5, 5.41) is 13.2. The molecule has 5 nitrogen and oxygen atoms in total. The zero-order chi connectivity index (χ0) is 13.8. The third kappa shape index (κ3) is 3.52. The Kier molecular flexibility index (Phi) is 4.50. The largest absolute Gasteiger partial charge is 0.391 e. The molecule has 2 rings (SSSR count). The van der Waals surface area contributed by atoms with E-state index in [1.54, 1.807) is 24.4 Å². The van der Waals surface area contributed by atoms with E-state index in [1.165, 1.54) is 0 Å². The molecule has 5 heteroatoms. The minimum Gasteiger partial charge on any atom is -0.391 e. The fraction of sp³-hybridized carbons (Fsp3) is 0.571. The van der Waals surface area contributed by atoms with Crippen LogP contribution in [0, 0.1) is 5.92 Å². The SMILES string of the molecule is CC1CCN(C)CC(NC(=O)c2ccccn2)C1O. The van der Waals surface area contributed by atoms with E-state index >= 15 is 0 Å². The first-order chi connectivity index (χ1) is 9.08. The molecule has 1 aliphatic rings. The molecule has 0 saturated carbocycles. The lowest BCUT2D eigenvalue weighted by Gasteiger charge is -2.26. The molecule has 1 fully saturated rings. The molecule has 0 aromatic carbocycles. The number of aliphatic hydroxyl groups excluding tert-OH is 1. The Labute approximate surface area is 113 Å². The topological polar surface area (TPSA) is 65.5 Å². The van der Waals surface area contributed by atoms with Crippen LogP contribution >= 0.6 is 0 Å². The molecule has 0 radical (unpaired) electrons. The van der Waals surface area contributed by atoms with Gasteiger partial charge in [-0.2, -0.15) is 0 Å². The van der Waals surface area contributed by atoms with E-state index in [4.69, 9.17) is 0 Å². The summed E-state index contributed by atoms with van der Waals surface area (Å²) in [6, 6.07) is 4.97. The smallest absolute Gasteiger partial charge is 0.270 e. The van der Waals surface area contributed by atoms with Crippen molar-refractivity contribution in [2.75, 3.05) is 20.1 Å². The maximum absolute atomic E-state index is 12.1. The minimum atomic E-state index is -0.516. The predicted molar refractivity (Wildman–Crippen MR) is 72.8 cm³/mol. The maximum Gasteiger partial charge on any atom is 0.270 e. The second kappa shape index (κ2) is 6.12. The van der Waals surface area contributed by atoms with Gasteiger partial charge in [-0.25, -0.2) is 0 Å². The van der Waals surface area contributed by atoms with E-state index in [-0.39, 0.29) is 17.9 Å². The molecule has 0 spiro atoms. The molecule has 0 aliphatic carbocycles. The molecule has 3 unspecified atom stereocenters. The van der Waals surface area contributed by atoms with Gasteiger partial charge in [-0.1, -0.05) is 13.0 Å². The summed E-state index contributed by atoms with van der Waals surface area (Å²) in [5.41, 5.74) is 0.384. The van der Waals surface area contributed by atoms with Crippen LogP contribution in [0.4, 0.5) is 0 Å². The van der Waals surface area contributed by atoms with Gasteiger partial charge >= 0.3 is 0 Å². The fourth-order valence-corrected chi connectivity index (χ4v) is 2.40. The quantitative estimate of drug-likeness (QED) is 0.816. The lowest BCUT2D eigenvalue weighted by molar-refractivity contribution is 0.0666. The molecule has 1 aromatic heterocycles. The van der Waals surface area contributed by atoms with Crippen molar-refractivity contribution in [1.29, 1.82) is 0 Å². The van der Waals surface area contributed by atoms with Crippen LogP contribution in [0.2, 0.25) is 0 Å². The van der Waals surface area contributed by atoms with Crippen LogP contribution in [0.15, 0.2) is 24.4 Å². The van der Waals surface area contributed by atoms with Crippen molar-refractivity contribution >= 4 is 5.91 Å². The number of likely N-dealkylation sites (tertiary alicyclic amines) is 1. The summed E-state index contributed by atoms with van der Waals surface area (Å²) in [7, 11) is 2.00. The van der Waals surface area contributed by atoms with Crippen LogP contribution in [0.1, 0.15) is 23.8 Å². The van der Waals surface area contributed by atoms with E-state index in [0.717, 1.165) is 13.0 Å². The highest BCUT2D eigenvalue weighted by molar-refractivity contribution is 5.92. The predicted octanol–water partition coefficient (Wildman–Crippen LogP) is 0.512. The van der Waals surface area contributed by atoms with Gasteiger partial charge in [0.1, 0.15) is 5.69 Å². The van der Waals surface area contributed by atoms with Crippen molar-refractivity contribution in [3.63, 3.8) is 0 Å². The molecule has 0 bridgehead atoms. The first kappa shape index (κ1) is 14.0. The van der Waals surface area contributed by atoms with Crippen LogP contribution < -0.4 is 5.32 Å². The summed E-state index contributed by atoms with van der Waals surface area (Å²) in [4.78, 5) is 18.2. The lowest BCUT2D eigenvalue weighted by atomic mass is 9.96. The number of carbonyl (C=O) groups excluding carboxylic acids is 1. The molecule has 1 saturated heterocycles. The Bertz CT molecular complexity index is 424. The molecule has 1 aliphatic heterocycles. The standard InChI is InChI=1S/C14H21N3O2/c1-10-6-8-17(2)9-12(13(10)18)16-14(19)11-5-3-4-7-15-11/h3-5,7,10,12-13,18H,6,8-9H2,1-2H3,(H,16,19). The first-order valence-corrected chi connectivity index (χ1v) is 6.66. The van der Waals surface area contributed by atoms with Crippen molar-refractivity contribution in [3.05, 3.63) is 30.1 Å². The van der Waals surface area contributed by atoms with Crippen molar-refractivity contribution < 1.29 is 9.90 Å². The second-order valence-electron chi connectivity index (χ2n) is 5.31. The number of amides is 1. The number of aliphatic hydroxyl groups is 1. The van der Waals surface area contributed by atoms with Crippen molar-refractivity contribution in [2.45, 2.75) is 25.5 Å². The lowest BCUT2D eigenvalue weighted by Crippen LogP contribution is -2.49. The summed E-state index contributed by atoms with van der Waals surface area (Å²) in [6.45, 7) is 3.61. The molecule has 1 aromatic rings. The Hall–Kier alpha value is -1.46. The number of hydrogen-bond acceptors (Lipinski definition) is 4. The van der Waals surface area contributed by atoms with Gasteiger partial charge < -0.3 is 15.3 Å². The van der Waals surface area contributed by atoms with Gasteiger partial charge in [-0.15, -0.1) is 0 Å². The fourth-order valence-electron chi connectivity index (χ4n) is 2.40. The van der Waals surface area contributed by atoms with Crippen LogP contribution in [0.25, 0.3) is 0 Å². The molecule has 1 amide bonds. The molecular formula is C14H21N3O2. The number of nitrogens with one attached hydrogen (secondary N) is 1. The minimum absolute atomic E-state index is 0.180. The highest BCUT2D eigenvalue weighted by atomic mass is 16.3. The molecule has 104 valence electrons. The number of likely N-dealkylation sites (N-methyl/N-ethyl adjacent to an activating group) is 1. The number of nitrogens with zero attached hydrogens (tertiary/aromatic N) is 2. The van der Waals surface area contributed by atoms with E-state index in [1.807, 2.05) is 14.0 Å². The van der Waals surface area contributed by atoms with E-state index in [9.17, 15) is 9.90 Å². The summed E-state index contributed by atoms with van der Waals surface area (Å²) in [5.74, 6) is -0.0499. The van der Waals surface area contributed by atoms with E-state index < -0.39 is 6.10 Å². The van der Waals surface area contributed by atoms with Crippen molar-refractivity contribution in [2.24, 2.45) is 5.92 Å². The highest BCUT2D eigenvalue weighted by Crippen LogP contribution is 2.17. The Morgan fingerprint density at radius 2 is 2.32 bits per heavy atom. The summed E-state index contributed by atoms with van der Waals surface area (Å²) >= 11 is 0. The normalized spacial score (nSPS) is 28.7. The Balaban J connectivity index is 2.05. The summed E-state index contributed by atoms with van der Waals surface area (Å²) < 4.78 is 0. The molecule has 2 heterocycles. The van der Waals surface area contributed by atoms with Gasteiger partial charge in [-0.3, -0.25) is 9.78 Å². The van der Waals surface area contributed by atoms with Crippen LogP contribution in [-0.2, 0) is 0 Å². The maximum atomic E-state index is 12.1. The average Bonchev–Trinajstić information content (AvgIpc) is 2.54. The zero-order valence-electron chi connectivity index (χ0n) is 11.4. The van der Waals surface area contributed by atoms with Crippen LogP contribution in [-0.4, -0.2) is 53.2 Å². The Morgan fingerprint density at radius 1 is 1.53 bits per heavy atom. The Morgan fingerprint density at radius 3 is 3.00 bits per heavy atom. The number of hydrogen-bond donors (Lipinski definition) is 2. The average molecular weight is 263 g/mol. The van der Waals surface area contributed by atoms with Crippen LogP contribution in [0.5, 0.6) is 0 Å². The van der Waals surface area contributed by atoms with E-state index in [2.05, 4.69) is 15.2 Å². The number of carbonyl (C=O) groups is 1. The second-order valence-corrected chi connectivity index (χ2v) is 5.31. The molecular weight excluding hydrogens is 242 g/mol.